The molecule has 0 radical (unpaired) electrons. The van der Waals surface area contributed by atoms with Crippen LogP contribution in [0.25, 0.3) is 0 Å². The summed E-state index contributed by atoms with van der Waals surface area (Å²) in [5.74, 6) is 0. The molecule has 98 valence electrons. The van der Waals surface area contributed by atoms with Gasteiger partial charge in [-0.2, -0.15) is 0 Å². The molecule has 0 aromatic carbocycles. The highest BCUT2D eigenvalue weighted by Crippen LogP contribution is 2.21. The van der Waals surface area contributed by atoms with Crippen molar-refractivity contribution < 1.29 is 18.4 Å². The molecule has 0 aromatic heterocycles. The SMILES string of the molecule is CC(C)O[Si](CCO)(OC(C)C)OC(C)C. The summed E-state index contributed by atoms with van der Waals surface area (Å²) in [5, 5.41) is 9.14. The van der Waals surface area contributed by atoms with Crippen molar-refractivity contribution in [3.8, 4) is 0 Å². The van der Waals surface area contributed by atoms with E-state index in [-0.39, 0.29) is 24.9 Å². The zero-order valence-electron chi connectivity index (χ0n) is 11.3. The molecular weight excluding hydrogens is 224 g/mol. The Morgan fingerprint density at radius 2 is 1.12 bits per heavy atom. The molecule has 0 saturated heterocycles. The van der Waals surface area contributed by atoms with E-state index < -0.39 is 8.80 Å². The summed E-state index contributed by atoms with van der Waals surface area (Å²) in [6, 6.07) is 0.446. The van der Waals surface area contributed by atoms with Gasteiger partial charge >= 0.3 is 8.80 Å². The lowest BCUT2D eigenvalue weighted by molar-refractivity contribution is 0.000507. The summed E-state index contributed by atoms with van der Waals surface area (Å²) in [5.41, 5.74) is 0. The number of hydrogen-bond acceptors (Lipinski definition) is 4. The van der Waals surface area contributed by atoms with Crippen molar-refractivity contribution in [1.82, 2.24) is 0 Å². The Kier molecular flexibility index (Phi) is 7.42. The van der Waals surface area contributed by atoms with Crippen molar-refractivity contribution in [2.45, 2.75) is 65.9 Å². The minimum absolute atomic E-state index is 0.0262. The van der Waals surface area contributed by atoms with E-state index in [9.17, 15) is 0 Å². The van der Waals surface area contributed by atoms with E-state index in [0.29, 0.717) is 6.04 Å². The highest BCUT2D eigenvalue weighted by Gasteiger charge is 2.43. The Balaban J connectivity index is 4.72. The summed E-state index contributed by atoms with van der Waals surface area (Å²) < 4.78 is 17.5. The first-order chi connectivity index (χ1) is 7.31. The van der Waals surface area contributed by atoms with Gasteiger partial charge in [0.2, 0.25) is 0 Å². The van der Waals surface area contributed by atoms with Gasteiger partial charge in [0.15, 0.2) is 0 Å². The molecule has 0 atom stereocenters. The van der Waals surface area contributed by atoms with Crippen LogP contribution < -0.4 is 0 Å². The van der Waals surface area contributed by atoms with E-state index in [1.165, 1.54) is 0 Å². The maximum Gasteiger partial charge on any atom is 0.503 e. The van der Waals surface area contributed by atoms with Gasteiger partial charge in [0.05, 0.1) is 0 Å². The van der Waals surface area contributed by atoms with E-state index in [1.807, 2.05) is 41.5 Å². The molecule has 0 fully saturated rings. The fourth-order valence-corrected chi connectivity index (χ4v) is 4.42. The fourth-order valence-electron chi connectivity index (χ4n) is 1.47. The summed E-state index contributed by atoms with van der Waals surface area (Å²) in [4.78, 5) is 0. The highest BCUT2D eigenvalue weighted by atomic mass is 28.4. The Labute approximate surface area is 100 Å². The minimum Gasteiger partial charge on any atom is -0.396 e. The molecule has 0 saturated carbocycles. The first kappa shape index (κ1) is 16.1. The van der Waals surface area contributed by atoms with Crippen molar-refractivity contribution >= 4 is 8.80 Å². The van der Waals surface area contributed by atoms with Crippen LogP contribution in [0.2, 0.25) is 6.04 Å². The molecule has 0 aliphatic rings. The lowest BCUT2D eigenvalue weighted by atomic mass is 10.5. The third-order valence-electron chi connectivity index (χ3n) is 1.66. The van der Waals surface area contributed by atoms with Crippen LogP contribution in [0.15, 0.2) is 0 Å². The van der Waals surface area contributed by atoms with Crippen LogP contribution in [0.3, 0.4) is 0 Å². The van der Waals surface area contributed by atoms with Crippen LogP contribution in [0, 0.1) is 0 Å². The van der Waals surface area contributed by atoms with Gasteiger partial charge in [0, 0.05) is 31.0 Å². The fraction of sp³-hybridized carbons (Fsp3) is 1.00. The molecule has 5 heteroatoms. The van der Waals surface area contributed by atoms with E-state index in [4.69, 9.17) is 18.4 Å². The Morgan fingerprint density at radius 3 is 1.31 bits per heavy atom. The first-order valence-electron chi connectivity index (χ1n) is 5.95. The number of rotatable bonds is 8. The standard InChI is InChI=1S/C11H26O4Si/c1-9(2)13-16(8-7-12,14-10(3)4)15-11(5)6/h9-12H,7-8H2,1-6H3. The molecule has 0 unspecified atom stereocenters. The molecule has 0 rings (SSSR count). The molecule has 0 heterocycles. The van der Waals surface area contributed by atoms with E-state index in [1.54, 1.807) is 0 Å². The molecule has 0 spiro atoms. The monoisotopic (exact) mass is 250 g/mol. The summed E-state index contributed by atoms with van der Waals surface area (Å²) in [6.45, 7) is 11.7. The molecule has 1 N–H and O–H groups in total. The normalized spacial score (nSPS) is 13.1. The van der Waals surface area contributed by atoms with Crippen LogP contribution in [-0.2, 0) is 13.3 Å². The predicted octanol–water partition coefficient (Wildman–Crippen LogP) is 2.19. The maximum atomic E-state index is 9.14. The van der Waals surface area contributed by atoms with E-state index >= 15 is 0 Å². The molecule has 0 aromatic rings. The largest absolute Gasteiger partial charge is 0.503 e. The van der Waals surface area contributed by atoms with E-state index in [0.717, 1.165) is 0 Å². The average Bonchev–Trinajstić information content (AvgIpc) is 1.98. The number of aliphatic hydroxyl groups is 1. The molecule has 0 bridgehead atoms. The Morgan fingerprint density at radius 1 is 0.812 bits per heavy atom. The molecule has 4 nitrogen and oxygen atoms in total. The zero-order chi connectivity index (χ0) is 12.8. The quantitative estimate of drug-likeness (QED) is 0.671. The topological polar surface area (TPSA) is 47.9 Å². The lowest BCUT2D eigenvalue weighted by Crippen LogP contribution is -2.51. The summed E-state index contributed by atoms with van der Waals surface area (Å²) in [7, 11) is -2.73. The van der Waals surface area contributed by atoms with Gasteiger partial charge in [-0.05, 0) is 41.5 Å². The molecule has 16 heavy (non-hydrogen) atoms. The second kappa shape index (κ2) is 7.40. The average molecular weight is 250 g/mol. The predicted molar refractivity (Wildman–Crippen MR) is 66.3 cm³/mol. The molecule has 0 amide bonds. The van der Waals surface area contributed by atoms with Crippen molar-refractivity contribution in [1.29, 1.82) is 0 Å². The van der Waals surface area contributed by atoms with E-state index in [2.05, 4.69) is 0 Å². The van der Waals surface area contributed by atoms with Gasteiger partial charge < -0.3 is 18.4 Å². The van der Waals surface area contributed by atoms with Crippen molar-refractivity contribution in [2.75, 3.05) is 6.61 Å². The van der Waals surface area contributed by atoms with Gasteiger partial charge in [-0.3, -0.25) is 0 Å². The first-order valence-corrected chi connectivity index (χ1v) is 7.89. The Hall–Kier alpha value is 0.0569. The van der Waals surface area contributed by atoms with Gasteiger partial charge in [-0.25, -0.2) is 0 Å². The van der Waals surface area contributed by atoms with Crippen LogP contribution in [0.5, 0.6) is 0 Å². The lowest BCUT2D eigenvalue weighted by Gasteiger charge is -2.34. The number of hydrogen-bond donors (Lipinski definition) is 1. The zero-order valence-corrected chi connectivity index (χ0v) is 12.3. The van der Waals surface area contributed by atoms with Crippen molar-refractivity contribution in [3.05, 3.63) is 0 Å². The third kappa shape index (κ3) is 6.60. The van der Waals surface area contributed by atoms with Crippen LogP contribution in [-0.4, -0.2) is 38.8 Å². The summed E-state index contributed by atoms with van der Waals surface area (Å²) >= 11 is 0. The van der Waals surface area contributed by atoms with Crippen LogP contribution in [0.1, 0.15) is 41.5 Å². The van der Waals surface area contributed by atoms with Gasteiger partial charge in [-0.15, -0.1) is 0 Å². The summed E-state index contributed by atoms with van der Waals surface area (Å²) in [6.07, 6.45) is 0.113. The van der Waals surface area contributed by atoms with Gasteiger partial charge in [-0.1, -0.05) is 0 Å². The third-order valence-corrected chi connectivity index (χ3v) is 4.99. The molecular formula is C11H26O4Si. The van der Waals surface area contributed by atoms with Crippen LogP contribution >= 0.6 is 0 Å². The second-order valence-electron chi connectivity index (χ2n) is 4.66. The smallest absolute Gasteiger partial charge is 0.396 e. The highest BCUT2D eigenvalue weighted by molar-refractivity contribution is 6.60. The van der Waals surface area contributed by atoms with Gasteiger partial charge in [0.1, 0.15) is 0 Å². The second-order valence-corrected chi connectivity index (χ2v) is 7.23. The van der Waals surface area contributed by atoms with Gasteiger partial charge in [0.25, 0.3) is 0 Å². The van der Waals surface area contributed by atoms with Crippen molar-refractivity contribution in [3.63, 3.8) is 0 Å². The molecule has 0 aliphatic carbocycles. The molecule has 0 aliphatic heterocycles. The van der Waals surface area contributed by atoms with Crippen molar-refractivity contribution in [2.24, 2.45) is 0 Å². The number of aliphatic hydroxyl groups excluding tert-OH is 1. The Bertz CT molecular complexity index is 156. The van der Waals surface area contributed by atoms with Crippen LogP contribution in [0.4, 0.5) is 0 Å². The minimum atomic E-state index is -2.73. The maximum absolute atomic E-state index is 9.14.